The molecule has 1 unspecified atom stereocenters. The SMILES string of the molecule is COc1ccc(/C=C/C(=O)NC(C)C(=O)N(C)OC)cc1. The molecule has 0 aliphatic heterocycles. The van der Waals surface area contributed by atoms with Crippen molar-refractivity contribution in [3.8, 4) is 5.75 Å². The summed E-state index contributed by atoms with van der Waals surface area (Å²) in [6.45, 7) is 1.59. The van der Waals surface area contributed by atoms with E-state index in [0.717, 1.165) is 16.4 Å². The van der Waals surface area contributed by atoms with Crippen molar-refractivity contribution in [1.82, 2.24) is 10.4 Å². The molecule has 21 heavy (non-hydrogen) atoms. The molecule has 1 aromatic carbocycles. The largest absolute Gasteiger partial charge is 0.497 e. The summed E-state index contributed by atoms with van der Waals surface area (Å²) in [5, 5.41) is 3.63. The summed E-state index contributed by atoms with van der Waals surface area (Å²) in [5.74, 6) is 0.0679. The summed E-state index contributed by atoms with van der Waals surface area (Å²) in [7, 11) is 4.46. The Hall–Kier alpha value is -2.34. The summed E-state index contributed by atoms with van der Waals surface area (Å²) >= 11 is 0. The maximum absolute atomic E-state index is 11.7. The minimum atomic E-state index is -0.664. The third-order valence-corrected chi connectivity index (χ3v) is 2.86. The first-order chi connectivity index (χ1) is 9.97. The molecule has 114 valence electrons. The van der Waals surface area contributed by atoms with Crippen molar-refractivity contribution in [2.24, 2.45) is 0 Å². The Balaban J connectivity index is 2.56. The highest BCUT2D eigenvalue weighted by Gasteiger charge is 2.18. The van der Waals surface area contributed by atoms with E-state index in [1.54, 1.807) is 32.2 Å². The van der Waals surface area contributed by atoms with Gasteiger partial charge in [0, 0.05) is 13.1 Å². The second kappa shape index (κ2) is 8.06. The maximum Gasteiger partial charge on any atom is 0.268 e. The molecule has 0 aliphatic carbocycles. The predicted molar refractivity (Wildman–Crippen MR) is 79.4 cm³/mol. The van der Waals surface area contributed by atoms with E-state index in [0.29, 0.717) is 0 Å². The van der Waals surface area contributed by atoms with Gasteiger partial charge in [-0.1, -0.05) is 12.1 Å². The van der Waals surface area contributed by atoms with Gasteiger partial charge in [0.1, 0.15) is 11.8 Å². The monoisotopic (exact) mass is 292 g/mol. The zero-order chi connectivity index (χ0) is 15.8. The van der Waals surface area contributed by atoms with Crippen LogP contribution < -0.4 is 10.1 Å². The normalized spacial score (nSPS) is 12.0. The van der Waals surface area contributed by atoms with Crippen LogP contribution in [0.3, 0.4) is 0 Å². The molecular formula is C15H20N2O4. The zero-order valence-electron chi connectivity index (χ0n) is 12.6. The first-order valence-corrected chi connectivity index (χ1v) is 6.42. The molecule has 0 fully saturated rings. The lowest BCUT2D eigenvalue weighted by molar-refractivity contribution is -0.171. The number of amides is 2. The number of carbonyl (C=O) groups is 2. The quantitative estimate of drug-likeness (QED) is 0.632. The Morgan fingerprint density at radius 1 is 1.24 bits per heavy atom. The summed E-state index contributed by atoms with van der Waals surface area (Å²) < 4.78 is 5.05. The van der Waals surface area contributed by atoms with Crippen molar-refractivity contribution in [1.29, 1.82) is 0 Å². The van der Waals surface area contributed by atoms with Gasteiger partial charge >= 0.3 is 0 Å². The first-order valence-electron chi connectivity index (χ1n) is 6.42. The van der Waals surface area contributed by atoms with Crippen molar-refractivity contribution in [3.63, 3.8) is 0 Å². The molecule has 0 saturated heterocycles. The summed E-state index contributed by atoms with van der Waals surface area (Å²) in [5.41, 5.74) is 0.860. The average Bonchev–Trinajstić information content (AvgIpc) is 2.51. The minimum absolute atomic E-state index is 0.330. The van der Waals surface area contributed by atoms with Gasteiger partial charge in [-0.05, 0) is 30.7 Å². The predicted octanol–water partition coefficient (Wildman–Crippen LogP) is 1.23. The van der Waals surface area contributed by atoms with Gasteiger partial charge in [0.2, 0.25) is 5.91 Å². The molecule has 0 radical (unpaired) electrons. The van der Waals surface area contributed by atoms with Gasteiger partial charge in [0.25, 0.3) is 5.91 Å². The molecule has 1 aromatic rings. The Bertz CT molecular complexity index is 511. The van der Waals surface area contributed by atoms with Gasteiger partial charge in [0.05, 0.1) is 14.2 Å². The highest BCUT2D eigenvalue weighted by atomic mass is 16.7. The number of hydrogen-bond donors (Lipinski definition) is 1. The molecule has 0 bridgehead atoms. The number of likely N-dealkylation sites (N-methyl/N-ethyl adjacent to an activating group) is 1. The highest BCUT2D eigenvalue weighted by molar-refractivity contribution is 5.95. The lowest BCUT2D eigenvalue weighted by Crippen LogP contribution is -2.44. The Morgan fingerprint density at radius 2 is 1.86 bits per heavy atom. The molecule has 2 amide bonds. The number of rotatable bonds is 6. The van der Waals surface area contributed by atoms with Gasteiger partial charge in [0.15, 0.2) is 0 Å². The average molecular weight is 292 g/mol. The number of hydroxylamine groups is 2. The lowest BCUT2D eigenvalue weighted by atomic mass is 10.2. The van der Waals surface area contributed by atoms with Crippen molar-refractivity contribution < 1.29 is 19.2 Å². The molecule has 0 saturated carbocycles. The van der Waals surface area contributed by atoms with Crippen LogP contribution in [-0.2, 0) is 14.4 Å². The zero-order valence-corrected chi connectivity index (χ0v) is 12.6. The van der Waals surface area contributed by atoms with Gasteiger partial charge in [-0.25, -0.2) is 5.06 Å². The van der Waals surface area contributed by atoms with Crippen LogP contribution >= 0.6 is 0 Å². The summed E-state index contributed by atoms with van der Waals surface area (Å²) in [6.07, 6.45) is 3.03. The van der Waals surface area contributed by atoms with Gasteiger partial charge in [-0.3, -0.25) is 14.4 Å². The second-order valence-electron chi connectivity index (χ2n) is 4.36. The topological polar surface area (TPSA) is 67.9 Å². The van der Waals surface area contributed by atoms with Crippen molar-refractivity contribution >= 4 is 17.9 Å². The molecule has 1 N–H and O–H groups in total. The fourth-order valence-electron chi connectivity index (χ4n) is 1.57. The highest BCUT2D eigenvalue weighted by Crippen LogP contribution is 2.12. The van der Waals surface area contributed by atoms with Crippen LogP contribution in [-0.4, -0.2) is 44.2 Å². The van der Waals surface area contributed by atoms with Gasteiger partial charge < -0.3 is 10.1 Å². The fraction of sp³-hybridized carbons (Fsp3) is 0.333. The second-order valence-corrected chi connectivity index (χ2v) is 4.36. The third-order valence-electron chi connectivity index (χ3n) is 2.86. The molecule has 1 rings (SSSR count). The number of carbonyl (C=O) groups excluding carboxylic acids is 2. The van der Waals surface area contributed by atoms with Gasteiger partial charge in [-0.15, -0.1) is 0 Å². The van der Waals surface area contributed by atoms with Crippen LogP contribution in [0.25, 0.3) is 6.08 Å². The van der Waals surface area contributed by atoms with Crippen LogP contribution in [0.15, 0.2) is 30.3 Å². The molecule has 6 nitrogen and oxygen atoms in total. The van der Waals surface area contributed by atoms with Crippen LogP contribution in [0.2, 0.25) is 0 Å². The molecule has 1 atom stereocenters. The van der Waals surface area contributed by atoms with E-state index in [1.165, 1.54) is 20.2 Å². The smallest absolute Gasteiger partial charge is 0.268 e. The molecule has 0 aromatic heterocycles. The van der Waals surface area contributed by atoms with E-state index in [4.69, 9.17) is 9.57 Å². The van der Waals surface area contributed by atoms with E-state index < -0.39 is 6.04 Å². The number of nitrogens with one attached hydrogen (secondary N) is 1. The number of hydrogen-bond acceptors (Lipinski definition) is 4. The maximum atomic E-state index is 11.7. The number of methoxy groups -OCH3 is 1. The van der Waals surface area contributed by atoms with Crippen LogP contribution in [0, 0.1) is 0 Å². The van der Waals surface area contributed by atoms with Crippen molar-refractivity contribution in [2.75, 3.05) is 21.3 Å². The molecule has 6 heteroatoms. The standard InChI is InChI=1S/C15H20N2O4/c1-11(15(19)17(2)21-4)16-14(18)10-7-12-5-8-13(20-3)9-6-12/h5-11H,1-4H3,(H,16,18)/b10-7+. The Morgan fingerprint density at radius 3 is 2.38 bits per heavy atom. The first kappa shape index (κ1) is 16.7. The van der Waals surface area contributed by atoms with Crippen LogP contribution in [0.1, 0.15) is 12.5 Å². The van der Waals surface area contributed by atoms with E-state index in [1.807, 2.05) is 12.1 Å². The van der Waals surface area contributed by atoms with E-state index in [2.05, 4.69) is 5.32 Å². The minimum Gasteiger partial charge on any atom is -0.497 e. The number of benzene rings is 1. The number of nitrogens with zero attached hydrogens (tertiary/aromatic N) is 1. The van der Waals surface area contributed by atoms with Gasteiger partial charge in [-0.2, -0.15) is 0 Å². The van der Waals surface area contributed by atoms with E-state index in [9.17, 15) is 9.59 Å². The van der Waals surface area contributed by atoms with E-state index in [-0.39, 0.29) is 11.8 Å². The molecule has 0 heterocycles. The molecular weight excluding hydrogens is 272 g/mol. The van der Waals surface area contributed by atoms with Crippen LogP contribution in [0.5, 0.6) is 5.75 Å². The third kappa shape index (κ3) is 5.27. The lowest BCUT2D eigenvalue weighted by Gasteiger charge is -2.18. The van der Waals surface area contributed by atoms with Crippen LogP contribution in [0.4, 0.5) is 0 Å². The summed E-state index contributed by atoms with van der Waals surface area (Å²) in [4.78, 5) is 28.2. The molecule has 0 spiro atoms. The summed E-state index contributed by atoms with van der Waals surface area (Å²) in [6, 6.07) is 6.60. The fourth-order valence-corrected chi connectivity index (χ4v) is 1.57. The van der Waals surface area contributed by atoms with Crippen molar-refractivity contribution in [2.45, 2.75) is 13.0 Å². The van der Waals surface area contributed by atoms with Crippen molar-refractivity contribution in [3.05, 3.63) is 35.9 Å². The van der Waals surface area contributed by atoms with E-state index >= 15 is 0 Å². The number of ether oxygens (including phenoxy) is 1. The Kier molecular flexibility index (Phi) is 6.42. The molecule has 0 aliphatic rings. The Labute approximate surface area is 124 Å².